The van der Waals surface area contributed by atoms with Crippen LogP contribution < -0.4 is 13.6 Å². The molecule has 27 heavy (non-hydrogen) atoms. The Morgan fingerprint density at radius 3 is 1.00 bits per heavy atom. The van der Waals surface area contributed by atoms with Crippen LogP contribution >= 0.6 is 7.82 Å². The molecular formula is C21H23BaO4P. The van der Waals surface area contributed by atoms with Crippen LogP contribution in [0, 0.1) is 20.8 Å². The number of phosphoric ester groups is 1. The van der Waals surface area contributed by atoms with Gasteiger partial charge in [0.05, 0.1) is 0 Å². The summed E-state index contributed by atoms with van der Waals surface area (Å²) < 4.78 is 30.2. The molecule has 0 aliphatic carbocycles. The van der Waals surface area contributed by atoms with Gasteiger partial charge in [-0.2, -0.15) is 4.57 Å². The molecule has 0 atom stereocenters. The first-order valence-electron chi connectivity index (χ1n) is 8.31. The number of hydrogen-bond acceptors (Lipinski definition) is 4. The zero-order chi connectivity index (χ0) is 18.6. The summed E-state index contributed by atoms with van der Waals surface area (Å²) in [6.07, 6.45) is 0. The predicted octanol–water partition coefficient (Wildman–Crippen LogP) is 6.10. The molecule has 0 aliphatic heterocycles. The van der Waals surface area contributed by atoms with Crippen LogP contribution in [-0.4, -0.2) is 48.9 Å². The molecule has 0 aliphatic rings. The van der Waals surface area contributed by atoms with Crippen molar-refractivity contribution in [1.29, 1.82) is 0 Å². The van der Waals surface area contributed by atoms with Gasteiger partial charge in [-0.25, -0.2) is 0 Å². The van der Waals surface area contributed by atoms with Crippen LogP contribution in [0.4, 0.5) is 0 Å². The third kappa shape index (κ3) is 6.75. The third-order valence-corrected chi connectivity index (χ3v) is 5.02. The van der Waals surface area contributed by atoms with Gasteiger partial charge in [-0.15, -0.1) is 0 Å². The van der Waals surface area contributed by atoms with Gasteiger partial charge in [-0.1, -0.05) is 53.1 Å². The first-order valence-corrected chi connectivity index (χ1v) is 9.77. The minimum Gasteiger partial charge on any atom is -1.00 e. The van der Waals surface area contributed by atoms with Gasteiger partial charge in [0.1, 0.15) is 17.2 Å². The Hall–Kier alpha value is -1.14. The average molecular weight is 508 g/mol. The van der Waals surface area contributed by atoms with Crippen molar-refractivity contribution >= 4 is 56.7 Å². The van der Waals surface area contributed by atoms with E-state index in [2.05, 4.69) is 0 Å². The maximum atomic E-state index is 13.3. The van der Waals surface area contributed by atoms with Gasteiger partial charge in [-0.05, 0) is 57.2 Å². The molecule has 0 heterocycles. The fraction of sp³-hybridized carbons (Fsp3) is 0.143. The molecule has 0 amide bonds. The van der Waals surface area contributed by atoms with E-state index in [1.165, 1.54) is 0 Å². The van der Waals surface area contributed by atoms with Gasteiger partial charge < -0.3 is 16.4 Å². The average Bonchev–Trinajstić information content (AvgIpc) is 2.61. The largest absolute Gasteiger partial charge is 2.00 e. The summed E-state index contributed by atoms with van der Waals surface area (Å²) in [6, 6.07) is 21.6. The summed E-state index contributed by atoms with van der Waals surface area (Å²) in [6.45, 7) is 5.90. The van der Waals surface area contributed by atoms with Crippen molar-refractivity contribution in [2.24, 2.45) is 0 Å². The van der Waals surface area contributed by atoms with Crippen molar-refractivity contribution in [3.63, 3.8) is 0 Å². The van der Waals surface area contributed by atoms with Crippen molar-refractivity contribution in [3.05, 3.63) is 89.5 Å². The first kappa shape index (κ1) is 22.2. The van der Waals surface area contributed by atoms with Crippen molar-refractivity contribution in [2.45, 2.75) is 20.8 Å². The van der Waals surface area contributed by atoms with Gasteiger partial charge in [0.15, 0.2) is 0 Å². The van der Waals surface area contributed by atoms with E-state index in [1.54, 1.807) is 36.4 Å². The molecular weight excluding hydrogens is 485 g/mol. The molecule has 4 nitrogen and oxygen atoms in total. The molecule has 0 radical (unpaired) electrons. The zero-order valence-electron chi connectivity index (χ0n) is 17.7. The van der Waals surface area contributed by atoms with Gasteiger partial charge in [0.2, 0.25) is 0 Å². The van der Waals surface area contributed by atoms with E-state index in [1.807, 2.05) is 57.2 Å². The van der Waals surface area contributed by atoms with Crippen LogP contribution in [0.3, 0.4) is 0 Å². The molecule has 0 saturated carbocycles. The Morgan fingerprint density at radius 1 is 0.556 bits per heavy atom. The summed E-state index contributed by atoms with van der Waals surface area (Å²) in [5, 5.41) is 0. The van der Waals surface area contributed by atoms with Crippen molar-refractivity contribution < 1.29 is 21.0 Å². The summed E-state index contributed by atoms with van der Waals surface area (Å²) >= 11 is 0. The second-order valence-corrected chi connectivity index (χ2v) is 7.60. The maximum Gasteiger partial charge on any atom is 2.00 e. The topological polar surface area (TPSA) is 44.8 Å². The second-order valence-electron chi connectivity index (χ2n) is 6.16. The van der Waals surface area contributed by atoms with Gasteiger partial charge in [0, 0.05) is 0 Å². The van der Waals surface area contributed by atoms with E-state index in [9.17, 15) is 4.57 Å². The van der Waals surface area contributed by atoms with Crippen LogP contribution in [-0.2, 0) is 4.57 Å². The third-order valence-electron chi connectivity index (χ3n) is 3.71. The van der Waals surface area contributed by atoms with E-state index in [-0.39, 0.29) is 51.7 Å². The van der Waals surface area contributed by atoms with Crippen LogP contribution in [0.25, 0.3) is 0 Å². The van der Waals surface area contributed by atoms with Crippen molar-refractivity contribution in [1.82, 2.24) is 0 Å². The standard InChI is InChI=1S/C21H21O4P.Ba.2H/c1-16-4-10-19(11-5-16)23-26(22,24-20-12-6-17(2)7-13-20)25-21-14-8-18(3)9-15-21;;;/h4-15H,1-3H3;;;/q;+2;2*-1. The minimum atomic E-state index is -3.93. The summed E-state index contributed by atoms with van der Waals surface area (Å²) in [5.41, 5.74) is 3.23. The van der Waals surface area contributed by atoms with Crippen molar-refractivity contribution in [2.75, 3.05) is 0 Å². The fourth-order valence-corrected chi connectivity index (χ4v) is 3.49. The molecule has 138 valence electrons. The zero-order valence-corrected chi connectivity index (χ0v) is 21.1. The van der Waals surface area contributed by atoms with Gasteiger partial charge in [0.25, 0.3) is 0 Å². The van der Waals surface area contributed by atoms with Crippen LogP contribution in [0.15, 0.2) is 72.8 Å². The molecule has 0 spiro atoms. The molecule has 3 aromatic rings. The smallest absolute Gasteiger partial charge is 1.00 e. The van der Waals surface area contributed by atoms with Gasteiger partial charge >= 0.3 is 56.7 Å². The van der Waals surface area contributed by atoms with Crippen LogP contribution in [0.5, 0.6) is 17.2 Å². The van der Waals surface area contributed by atoms with E-state index in [0.29, 0.717) is 17.2 Å². The molecule has 6 heteroatoms. The maximum absolute atomic E-state index is 13.3. The Bertz CT molecular complexity index is 794. The summed E-state index contributed by atoms with van der Waals surface area (Å²) in [5.74, 6) is 1.24. The molecule has 0 aromatic heterocycles. The molecule has 3 rings (SSSR count). The van der Waals surface area contributed by atoms with Gasteiger partial charge in [-0.3, -0.25) is 0 Å². The van der Waals surface area contributed by atoms with E-state index < -0.39 is 7.82 Å². The van der Waals surface area contributed by atoms with E-state index in [0.717, 1.165) is 16.7 Å². The van der Waals surface area contributed by atoms with Crippen molar-refractivity contribution in [3.8, 4) is 17.2 Å². The number of aryl methyl sites for hydroxylation is 3. The van der Waals surface area contributed by atoms with E-state index in [4.69, 9.17) is 13.6 Å². The van der Waals surface area contributed by atoms with E-state index >= 15 is 0 Å². The molecule has 0 saturated heterocycles. The summed E-state index contributed by atoms with van der Waals surface area (Å²) in [4.78, 5) is 0. The quantitative estimate of drug-likeness (QED) is 0.299. The number of rotatable bonds is 6. The first-order chi connectivity index (χ1) is 12.4. The predicted molar refractivity (Wildman–Crippen MR) is 111 cm³/mol. The molecule has 0 fully saturated rings. The fourth-order valence-electron chi connectivity index (χ4n) is 2.24. The monoisotopic (exact) mass is 508 g/mol. The Labute approximate surface area is 203 Å². The van der Waals surface area contributed by atoms with Crippen LogP contribution in [0.1, 0.15) is 19.5 Å². The van der Waals surface area contributed by atoms with Crippen LogP contribution in [0.2, 0.25) is 0 Å². The SMILES string of the molecule is Cc1ccc(OP(=O)(Oc2ccc(C)cc2)Oc2ccc(C)cc2)cc1.[Ba+2].[H-].[H-]. The minimum absolute atomic E-state index is 0. The molecule has 0 bridgehead atoms. The summed E-state index contributed by atoms with van der Waals surface area (Å²) in [7, 11) is -3.93. The number of benzene rings is 3. The molecule has 0 N–H and O–H groups in total. The Kier molecular flexibility index (Phi) is 8.10. The number of phosphoric acid groups is 1. The molecule has 0 unspecified atom stereocenters. The molecule has 3 aromatic carbocycles. The Balaban J connectivity index is 0.00000261. The number of hydrogen-bond donors (Lipinski definition) is 0. The second kappa shape index (κ2) is 9.87. The normalized spacial score (nSPS) is 10.6. The Morgan fingerprint density at radius 2 is 0.778 bits per heavy atom.